The van der Waals surface area contributed by atoms with E-state index in [2.05, 4.69) is 0 Å². The summed E-state index contributed by atoms with van der Waals surface area (Å²) in [5, 5.41) is 0. The highest BCUT2D eigenvalue weighted by Crippen LogP contribution is 1.80. The number of hydrogen-bond donors (Lipinski definition) is 0. The minimum atomic E-state index is 0.667. The summed E-state index contributed by atoms with van der Waals surface area (Å²) >= 11 is 0. The molecule has 4 heteroatoms. The van der Waals surface area contributed by atoms with Gasteiger partial charge in [0.1, 0.15) is 0 Å². The highest BCUT2D eigenvalue weighted by atomic mass is 16.5. The molecular formula is C8H20BNO2. The first-order valence-corrected chi connectivity index (χ1v) is 4.28. The Hall–Kier alpha value is -0.0551. The summed E-state index contributed by atoms with van der Waals surface area (Å²) in [6, 6.07) is 0. The Kier molecular flexibility index (Phi) is 16.3. The second-order valence-electron chi connectivity index (χ2n) is 2.02. The van der Waals surface area contributed by atoms with Gasteiger partial charge in [0.2, 0.25) is 0 Å². The van der Waals surface area contributed by atoms with Gasteiger partial charge in [0, 0.05) is 27.3 Å². The van der Waals surface area contributed by atoms with Crippen molar-refractivity contribution in [1.29, 1.82) is 0 Å². The van der Waals surface area contributed by atoms with Gasteiger partial charge in [-0.25, -0.2) is 0 Å². The Morgan fingerprint density at radius 2 is 1.33 bits per heavy atom. The summed E-state index contributed by atoms with van der Waals surface area (Å²) in [5.41, 5.74) is 0. The minimum Gasteiger partial charge on any atom is -0.383 e. The Bertz CT molecular complexity index is 66.1. The van der Waals surface area contributed by atoms with Crippen LogP contribution >= 0.6 is 0 Å². The van der Waals surface area contributed by atoms with Gasteiger partial charge in [-0.05, 0) is 0 Å². The summed E-state index contributed by atoms with van der Waals surface area (Å²) in [7, 11) is 8.83. The Morgan fingerprint density at radius 1 is 1.00 bits per heavy atom. The third-order valence-electron chi connectivity index (χ3n) is 1.17. The van der Waals surface area contributed by atoms with Crippen molar-refractivity contribution < 1.29 is 9.47 Å². The molecule has 3 nitrogen and oxygen atoms in total. The second kappa shape index (κ2) is 13.5. The molecule has 0 saturated carbocycles. The van der Waals surface area contributed by atoms with E-state index in [1.807, 2.05) is 13.8 Å². The van der Waals surface area contributed by atoms with Crippen LogP contribution in [-0.4, -0.2) is 53.3 Å². The lowest BCUT2D eigenvalue weighted by molar-refractivity contribution is 0.152. The van der Waals surface area contributed by atoms with Crippen molar-refractivity contribution in [2.24, 2.45) is 0 Å². The zero-order chi connectivity index (χ0) is 9.82. The maximum absolute atomic E-state index is 5.52. The molecule has 0 amide bonds. The molecule has 72 valence electrons. The SMILES string of the molecule is CC.[B]N(CCOC)CCOC. The van der Waals surface area contributed by atoms with Crippen LogP contribution in [0.25, 0.3) is 0 Å². The highest BCUT2D eigenvalue weighted by Gasteiger charge is 1.94. The molecule has 0 aromatic carbocycles. The number of ether oxygens (including phenoxy) is 2. The van der Waals surface area contributed by atoms with Gasteiger partial charge in [0.15, 0.2) is 7.98 Å². The average Bonchev–Trinajstić information content (AvgIpc) is 2.14. The molecule has 0 saturated heterocycles. The molecule has 0 N–H and O–H groups in total. The van der Waals surface area contributed by atoms with Crippen molar-refractivity contribution >= 4 is 7.98 Å². The predicted molar refractivity (Wildman–Crippen MR) is 52.4 cm³/mol. The summed E-state index contributed by atoms with van der Waals surface area (Å²) < 4.78 is 9.66. The van der Waals surface area contributed by atoms with Crippen molar-refractivity contribution in [3.63, 3.8) is 0 Å². The van der Waals surface area contributed by atoms with Gasteiger partial charge in [-0.1, -0.05) is 13.8 Å². The number of methoxy groups -OCH3 is 2. The van der Waals surface area contributed by atoms with E-state index in [0.29, 0.717) is 13.2 Å². The van der Waals surface area contributed by atoms with E-state index in [1.54, 1.807) is 19.0 Å². The van der Waals surface area contributed by atoms with Crippen LogP contribution in [0.1, 0.15) is 13.8 Å². The van der Waals surface area contributed by atoms with Gasteiger partial charge in [-0.15, -0.1) is 0 Å². The van der Waals surface area contributed by atoms with Gasteiger partial charge >= 0.3 is 0 Å². The van der Waals surface area contributed by atoms with Crippen LogP contribution in [0.5, 0.6) is 0 Å². The first-order chi connectivity index (χ1) is 5.81. The summed E-state index contributed by atoms with van der Waals surface area (Å²) in [6.45, 7) is 6.83. The van der Waals surface area contributed by atoms with Gasteiger partial charge in [0.05, 0.1) is 13.2 Å². The van der Waals surface area contributed by atoms with Crippen molar-refractivity contribution in [1.82, 2.24) is 4.81 Å². The van der Waals surface area contributed by atoms with E-state index in [-0.39, 0.29) is 0 Å². The molecule has 0 aromatic rings. The van der Waals surface area contributed by atoms with Crippen LogP contribution in [-0.2, 0) is 9.47 Å². The Morgan fingerprint density at radius 3 is 1.58 bits per heavy atom. The molecule has 0 rings (SSSR count). The van der Waals surface area contributed by atoms with E-state index in [9.17, 15) is 0 Å². The fourth-order valence-electron chi connectivity index (χ4n) is 0.529. The molecule has 0 spiro atoms. The molecule has 12 heavy (non-hydrogen) atoms. The Balaban J connectivity index is 0. The molecule has 0 aliphatic carbocycles. The average molecular weight is 173 g/mol. The molecular weight excluding hydrogens is 153 g/mol. The lowest BCUT2D eigenvalue weighted by Gasteiger charge is -2.15. The van der Waals surface area contributed by atoms with Crippen LogP contribution in [0, 0.1) is 0 Å². The van der Waals surface area contributed by atoms with Crippen molar-refractivity contribution in [3.05, 3.63) is 0 Å². The zero-order valence-electron chi connectivity index (χ0n) is 8.67. The summed E-state index contributed by atoms with van der Waals surface area (Å²) in [5.74, 6) is 0. The summed E-state index contributed by atoms with van der Waals surface area (Å²) in [4.78, 5) is 1.67. The van der Waals surface area contributed by atoms with Crippen LogP contribution < -0.4 is 0 Å². The van der Waals surface area contributed by atoms with E-state index in [1.165, 1.54) is 0 Å². The Labute approximate surface area is 77.5 Å². The van der Waals surface area contributed by atoms with E-state index in [4.69, 9.17) is 17.5 Å². The third-order valence-corrected chi connectivity index (χ3v) is 1.17. The molecule has 0 unspecified atom stereocenters. The fraction of sp³-hybridized carbons (Fsp3) is 1.00. The first-order valence-electron chi connectivity index (χ1n) is 4.28. The van der Waals surface area contributed by atoms with Gasteiger partial charge in [0.25, 0.3) is 0 Å². The molecule has 0 aliphatic rings. The number of hydrogen-bond acceptors (Lipinski definition) is 3. The number of rotatable bonds is 6. The van der Waals surface area contributed by atoms with Crippen molar-refractivity contribution in [2.45, 2.75) is 13.8 Å². The van der Waals surface area contributed by atoms with E-state index in [0.717, 1.165) is 13.1 Å². The largest absolute Gasteiger partial charge is 0.383 e. The lowest BCUT2D eigenvalue weighted by Crippen LogP contribution is -2.27. The van der Waals surface area contributed by atoms with Gasteiger partial charge < -0.3 is 14.3 Å². The van der Waals surface area contributed by atoms with E-state index < -0.39 is 0 Å². The smallest absolute Gasteiger partial charge is 0.182 e. The monoisotopic (exact) mass is 173 g/mol. The maximum atomic E-state index is 5.52. The van der Waals surface area contributed by atoms with E-state index >= 15 is 0 Å². The standard InChI is InChI=1S/C6H14BNO2.C2H6/c1-9-5-3-8(7)4-6-10-2;1-2/h3-6H2,1-2H3;1-2H3. The highest BCUT2D eigenvalue weighted by molar-refractivity contribution is 6.04. The molecule has 2 radical (unpaired) electrons. The first kappa shape index (κ1) is 14.5. The minimum absolute atomic E-state index is 0.667. The molecule has 0 aliphatic heterocycles. The quantitative estimate of drug-likeness (QED) is 0.551. The molecule has 0 bridgehead atoms. The second-order valence-corrected chi connectivity index (χ2v) is 2.02. The zero-order valence-corrected chi connectivity index (χ0v) is 8.67. The van der Waals surface area contributed by atoms with Crippen molar-refractivity contribution in [3.8, 4) is 0 Å². The van der Waals surface area contributed by atoms with Gasteiger partial charge in [-0.2, -0.15) is 0 Å². The van der Waals surface area contributed by atoms with Crippen LogP contribution in [0.2, 0.25) is 0 Å². The number of nitrogens with zero attached hydrogens (tertiary/aromatic N) is 1. The van der Waals surface area contributed by atoms with Crippen molar-refractivity contribution in [2.75, 3.05) is 40.5 Å². The van der Waals surface area contributed by atoms with Crippen LogP contribution in [0.4, 0.5) is 0 Å². The topological polar surface area (TPSA) is 21.7 Å². The molecule has 0 heterocycles. The normalized spacial score (nSPS) is 9.42. The third kappa shape index (κ3) is 12.6. The molecule has 0 aromatic heterocycles. The van der Waals surface area contributed by atoms with Crippen LogP contribution in [0.15, 0.2) is 0 Å². The molecule has 0 fully saturated rings. The lowest BCUT2D eigenvalue weighted by atomic mass is 10.3. The van der Waals surface area contributed by atoms with Gasteiger partial charge in [-0.3, -0.25) is 0 Å². The molecule has 0 atom stereocenters. The summed E-state index contributed by atoms with van der Waals surface area (Å²) in [6.07, 6.45) is 0. The fourth-order valence-corrected chi connectivity index (χ4v) is 0.529. The predicted octanol–water partition coefficient (Wildman–Crippen LogP) is 0.691. The van der Waals surface area contributed by atoms with Crippen LogP contribution in [0.3, 0.4) is 0 Å². The maximum Gasteiger partial charge on any atom is 0.182 e.